The fraction of sp³-hybridized carbons (Fsp3) is 0.348. The lowest BCUT2D eigenvalue weighted by atomic mass is 10.2. The van der Waals surface area contributed by atoms with E-state index in [-0.39, 0.29) is 5.91 Å². The molecule has 0 spiro atoms. The first-order valence-electron chi connectivity index (χ1n) is 10.4. The van der Waals surface area contributed by atoms with E-state index in [0.29, 0.717) is 6.54 Å². The largest absolute Gasteiger partial charge is 0.322 e. The Balaban J connectivity index is 1.31. The molecule has 0 atom stereocenters. The Hall–Kier alpha value is -3.03. The highest BCUT2D eigenvalue weighted by atomic mass is 16.2. The molecule has 1 amide bonds. The van der Waals surface area contributed by atoms with E-state index in [1.807, 2.05) is 61.3 Å². The molecule has 2 aromatic heterocycles. The standard InChI is InChI=1S/C23H28N6O/c1-18-23(19(2)29(26-18)21-6-4-3-5-7-21)25-22(30)17-28-14-12-27(13-15-28)16-20-8-10-24-11-9-20/h3-11H,12-17H2,1-2H3,(H,25,30). The molecule has 0 saturated carbocycles. The van der Waals surface area contributed by atoms with Gasteiger partial charge in [0.05, 0.1) is 29.3 Å². The van der Waals surface area contributed by atoms with E-state index in [1.54, 1.807) is 0 Å². The lowest BCUT2D eigenvalue weighted by Crippen LogP contribution is -2.48. The Morgan fingerprint density at radius 1 is 0.967 bits per heavy atom. The fourth-order valence-electron chi connectivity index (χ4n) is 3.88. The van der Waals surface area contributed by atoms with Gasteiger partial charge in [-0.3, -0.25) is 19.6 Å². The third-order valence-electron chi connectivity index (χ3n) is 5.54. The summed E-state index contributed by atoms with van der Waals surface area (Å²) in [7, 11) is 0. The van der Waals surface area contributed by atoms with Gasteiger partial charge >= 0.3 is 0 Å². The minimum atomic E-state index is 0.0106. The number of amides is 1. The van der Waals surface area contributed by atoms with Crippen molar-refractivity contribution in [1.29, 1.82) is 0 Å². The number of carbonyl (C=O) groups is 1. The highest BCUT2D eigenvalue weighted by Gasteiger charge is 2.21. The van der Waals surface area contributed by atoms with Crippen molar-refractivity contribution in [3.05, 3.63) is 71.8 Å². The van der Waals surface area contributed by atoms with Gasteiger partial charge in [-0.05, 0) is 43.7 Å². The monoisotopic (exact) mass is 404 g/mol. The zero-order valence-electron chi connectivity index (χ0n) is 17.6. The summed E-state index contributed by atoms with van der Waals surface area (Å²) in [5.41, 5.74) is 4.84. The third kappa shape index (κ3) is 4.75. The van der Waals surface area contributed by atoms with Gasteiger partial charge in [-0.1, -0.05) is 18.2 Å². The van der Waals surface area contributed by atoms with Crippen LogP contribution < -0.4 is 5.32 Å². The molecular formula is C23H28N6O. The SMILES string of the molecule is Cc1nn(-c2ccccc2)c(C)c1NC(=O)CN1CCN(Cc2ccncc2)CC1. The molecule has 30 heavy (non-hydrogen) atoms. The number of benzene rings is 1. The fourth-order valence-corrected chi connectivity index (χ4v) is 3.88. The Kier molecular flexibility index (Phi) is 6.21. The number of piperazine rings is 1. The average molecular weight is 405 g/mol. The average Bonchev–Trinajstić information content (AvgIpc) is 3.05. The Bertz CT molecular complexity index is 978. The highest BCUT2D eigenvalue weighted by Crippen LogP contribution is 2.22. The van der Waals surface area contributed by atoms with Crippen LogP contribution in [-0.2, 0) is 11.3 Å². The van der Waals surface area contributed by atoms with Gasteiger partial charge in [0, 0.05) is 45.1 Å². The zero-order valence-corrected chi connectivity index (χ0v) is 17.6. The van der Waals surface area contributed by atoms with Crippen LogP contribution in [0, 0.1) is 13.8 Å². The molecule has 7 heteroatoms. The van der Waals surface area contributed by atoms with Gasteiger partial charge in [0.25, 0.3) is 0 Å². The smallest absolute Gasteiger partial charge is 0.238 e. The number of nitrogens with zero attached hydrogens (tertiary/aromatic N) is 5. The van der Waals surface area contributed by atoms with Crippen molar-refractivity contribution in [2.24, 2.45) is 0 Å². The van der Waals surface area contributed by atoms with Gasteiger partial charge in [0.1, 0.15) is 0 Å². The number of para-hydroxylation sites is 1. The van der Waals surface area contributed by atoms with Crippen molar-refractivity contribution >= 4 is 11.6 Å². The van der Waals surface area contributed by atoms with E-state index in [2.05, 4.69) is 37.3 Å². The number of anilines is 1. The molecule has 7 nitrogen and oxygen atoms in total. The minimum absolute atomic E-state index is 0.0106. The molecule has 1 saturated heterocycles. The van der Waals surface area contributed by atoms with Gasteiger partial charge in [-0.15, -0.1) is 0 Å². The molecule has 3 heterocycles. The number of pyridine rings is 1. The molecule has 0 bridgehead atoms. The number of nitrogens with one attached hydrogen (secondary N) is 1. The van der Waals surface area contributed by atoms with Crippen LogP contribution in [0.4, 0.5) is 5.69 Å². The van der Waals surface area contributed by atoms with E-state index in [0.717, 1.165) is 55.5 Å². The molecular weight excluding hydrogens is 376 g/mol. The van der Waals surface area contributed by atoms with Crippen LogP contribution in [0.15, 0.2) is 54.9 Å². The zero-order chi connectivity index (χ0) is 20.9. The number of hydrogen-bond donors (Lipinski definition) is 1. The number of aromatic nitrogens is 3. The Labute approximate surface area is 177 Å². The van der Waals surface area contributed by atoms with E-state index in [1.165, 1.54) is 5.56 Å². The van der Waals surface area contributed by atoms with Crippen molar-refractivity contribution in [2.45, 2.75) is 20.4 Å². The molecule has 1 fully saturated rings. The molecule has 1 aliphatic heterocycles. The van der Waals surface area contributed by atoms with E-state index >= 15 is 0 Å². The first kappa shape index (κ1) is 20.3. The molecule has 1 N–H and O–H groups in total. The number of hydrogen-bond acceptors (Lipinski definition) is 5. The molecule has 156 valence electrons. The quantitative estimate of drug-likeness (QED) is 0.684. The molecule has 4 rings (SSSR count). The van der Waals surface area contributed by atoms with Crippen LogP contribution in [0.5, 0.6) is 0 Å². The lowest BCUT2D eigenvalue weighted by Gasteiger charge is -2.34. The summed E-state index contributed by atoms with van der Waals surface area (Å²) in [6.07, 6.45) is 3.67. The van der Waals surface area contributed by atoms with Crippen molar-refractivity contribution in [3.63, 3.8) is 0 Å². The second-order valence-corrected chi connectivity index (χ2v) is 7.75. The summed E-state index contributed by atoms with van der Waals surface area (Å²) >= 11 is 0. The summed E-state index contributed by atoms with van der Waals surface area (Å²) in [6.45, 7) is 8.94. The van der Waals surface area contributed by atoms with Crippen LogP contribution in [0.25, 0.3) is 5.69 Å². The first-order chi connectivity index (χ1) is 14.6. The summed E-state index contributed by atoms with van der Waals surface area (Å²) < 4.78 is 1.88. The molecule has 0 unspecified atom stereocenters. The molecule has 3 aromatic rings. The third-order valence-corrected chi connectivity index (χ3v) is 5.54. The number of carbonyl (C=O) groups excluding carboxylic acids is 1. The summed E-state index contributed by atoms with van der Waals surface area (Å²) in [5, 5.41) is 7.69. The lowest BCUT2D eigenvalue weighted by molar-refractivity contribution is -0.117. The van der Waals surface area contributed by atoms with Crippen molar-refractivity contribution < 1.29 is 4.79 Å². The summed E-state index contributed by atoms with van der Waals surface area (Å²) in [4.78, 5) is 21.4. The molecule has 1 aliphatic rings. The topological polar surface area (TPSA) is 66.3 Å². The van der Waals surface area contributed by atoms with E-state index < -0.39 is 0 Å². The Morgan fingerprint density at radius 3 is 2.33 bits per heavy atom. The van der Waals surface area contributed by atoms with Crippen LogP contribution in [0.3, 0.4) is 0 Å². The predicted molar refractivity (Wildman–Crippen MR) is 118 cm³/mol. The van der Waals surface area contributed by atoms with Crippen LogP contribution in [0.2, 0.25) is 0 Å². The van der Waals surface area contributed by atoms with Crippen molar-refractivity contribution in [2.75, 3.05) is 38.0 Å². The second-order valence-electron chi connectivity index (χ2n) is 7.75. The van der Waals surface area contributed by atoms with Crippen LogP contribution in [-0.4, -0.2) is 63.2 Å². The molecule has 1 aromatic carbocycles. The van der Waals surface area contributed by atoms with Gasteiger partial charge in [0.2, 0.25) is 5.91 Å². The van der Waals surface area contributed by atoms with Gasteiger partial charge in [-0.2, -0.15) is 5.10 Å². The predicted octanol–water partition coefficient (Wildman–Crippen LogP) is 2.64. The summed E-state index contributed by atoms with van der Waals surface area (Å²) in [5.74, 6) is 0.0106. The maximum Gasteiger partial charge on any atom is 0.238 e. The maximum absolute atomic E-state index is 12.7. The van der Waals surface area contributed by atoms with Crippen molar-refractivity contribution in [1.82, 2.24) is 24.6 Å². The molecule has 0 aliphatic carbocycles. The minimum Gasteiger partial charge on any atom is -0.322 e. The Morgan fingerprint density at radius 2 is 1.63 bits per heavy atom. The number of rotatable bonds is 6. The first-order valence-corrected chi connectivity index (χ1v) is 10.4. The van der Waals surface area contributed by atoms with Gasteiger partial charge in [-0.25, -0.2) is 4.68 Å². The molecule has 0 radical (unpaired) electrons. The van der Waals surface area contributed by atoms with Crippen molar-refractivity contribution in [3.8, 4) is 5.69 Å². The van der Waals surface area contributed by atoms with E-state index in [9.17, 15) is 4.79 Å². The summed E-state index contributed by atoms with van der Waals surface area (Å²) in [6, 6.07) is 14.1. The highest BCUT2D eigenvalue weighted by molar-refractivity contribution is 5.93. The second kappa shape index (κ2) is 9.19. The normalized spacial score (nSPS) is 15.3. The van der Waals surface area contributed by atoms with E-state index in [4.69, 9.17) is 0 Å². The van der Waals surface area contributed by atoms with Crippen LogP contribution in [0.1, 0.15) is 17.0 Å². The van der Waals surface area contributed by atoms with Gasteiger partial charge < -0.3 is 5.32 Å². The van der Waals surface area contributed by atoms with Gasteiger partial charge in [0.15, 0.2) is 0 Å². The maximum atomic E-state index is 12.7. The number of aryl methyl sites for hydroxylation is 1. The van der Waals surface area contributed by atoms with Crippen LogP contribution >= 0.6 is 0 Å².